The Balaban J connectivity index is 1.50. The van der Waals surface area contributed by atoms with Gasteiger partial charge in [0.2, 0.25) is 0 Å². The predicted octanol–water partition coefficient (Wildman–Crippen LogP) is 3.89. The Labute approximate surface area is 132 Å². The number of aliphatic hydroxyl groups excluding tert-OH is 1. The van der Waals surface area contributed by atoms with Gasteiger partial charge in [0.1, 0.15) is 24.7 Å². The maximum atomic E-state index is 9.77. The average Bonchev–Trinajstić information content (AvgIpc) is 2.85. The van der Waals surface area contributed by atoms with Gasteiger partial charge in [-0.2, -0.15) is 0 Å². The zero-order valence-corrected chi connectivity index (χ0v) is 13.2. The SMILES string of the molecule is O[C@@H]1CCc2cc(OCCOc3cccc(Br)c3)ccc21. The molecule has 3 rings (SSSR count). The molecule has 3 nitrogen and oxygen atoms in total. The van der Waals surface area contributed by atoms with E-state index in [9.17, 15) is 5.11 Å². The molecule has 0 saturated heterocycles. The topological polar surface area (TPSA) is 38.7 Å². The lowest BCUT2D eigenvalue weighted by Crippen LogP contribution is -2.09. The first-order chi connectivity index (χ1) is 10.2. The molecule has 0 unspecified atom stereocenters. The Hall–Kier alpha value is -1.52. The van der Waals surface area contributed by atoms with Crippen LogP contribution in [0.1, 0.15) is 23.7 Å². The minimum Gasteiger partial charge on any atom is -0.490 e. The lowest BCUT2D eigenvalue weighted by molar-refractivity contribution is 0.180. The van der Waals surface area contributed by atoms with Crippen molar-refractivity contribution in [3.05, 3.63) is 58.1 Å². The van der Waals surface area contributed by atoms with Gasteiger partial charge in [0.15, 0.2) is 0 Å². The van der Waals surface area contributed by atoms with Gasteiger partial charge < -0.3 is 14.6 Å². The Morgan fingerprint density at radius 3 is 2.57 bits per heavy atom. The highest BCUT2D eigenvalue weighted by Crippen LogP contribution is 2.33. The zero-order chi connectivity index (χ0) is 14.7. The zero-order valence-electron chi connectivity index (χ0n) is 11.6. The van der Waals surface area contributed by atoms with Crippen molar-refractivity contribution in [2.45, 2.75) is 18.9 Å². The Morgan fingerprint density at radius 1 is 1.05 bits per heavy atom. The first-order valence-electron chi connectivity index (χ1n) is 7.04. The van der Waals surface area contributed by atoms with Crippen LogP contribution >= 0.6 is 15.9 Å². The summed E-state index contributed by atoms with van der Waals surface area (Å²) in [5.41, 5.74) is 2.22. The van der Waals surface area contributed by atoms with E-state index < -0.39 is 0 Å². The number of hydrogen-bond donors (Lipinski definition) is 1. The number of benzene rings is 2. The molecular formula is C17H17BrO3. The molecule has 0 radical (unpaired) electrons. The lowest BCUT2D eigenvalue weighted by atomic mass is 10.1. The summed E-state index contributed by atoms with van der Waals surface area (Å²) >= 11 is 3.41. The van der Waals surface area contributed by atoms with E-state index in [1.54, 1.807) is 0 Å². The van der Waals surface area contributed by atoms with Crippen molar-refractivity contribution >= 4 is 15.9 Å². The summed E-state index contributed by atoms with van der Waals surface area (Å²) < 4.78 is 12.3. The summed E-state index contributed by atoms with van der Waals surface area (Å²) in [4.78, 5) is 0. The fraction of sp³-hybridized carbons (Fsp3) is 0.294. The molecule has 0 aliphatic heterocycles. The van der Waals surface area contributed by atoms with E-state index in [-0.39, 0.29) is 6.10 Å². The number of aryl methyl sites for hydroxylation is 1. The third-order valence-electron chi connectivity index (χ3n) is 3.58. The summed E-state index contributed by atoms with van der Waals surface area (Å²) in [6.07, 6.45) is 1.42. The van der Waals surface area contributed by atoms with E-state index in [4.69, 9.17) is 9.47 Å². The standard InChI is InChI=1S/C17H17BrO3/c18-13-2-1-3-14(11-13)20-8-9-21-15-5-6-16-12(10-15)4-7-17(16)19/h1-3,5-6,10-11,17,19H,4,7-9H2/t17-/m1/s1. The monoisotopic (exact) mass is 348 g/mol. The summed E-state index contributed by atoms with van der Waals surface area (Å²) in [5.74, 6) is 1.66. The van der Waals surface area contributed by atoms with Crippen LogP contribution in [0.15, 0.2) is 46.9 Å². The van der Waals surface area contributed by atoms with E-state index in [0.717, 1.165) is 34.4 Å². The number of hydrogen-bond acceptors (Lipinski definition) is 3. The molecule has 21 heavy (non-hydrogen) atoms. The van der Waals surface area contributed by atoms with Crippen LogP contribution in [-0.2, 0) is 6.42 Å². The third kappa shape index (κ3) is 3.57. The quantitative estimate of drug-likeness (QED) is 0.833. The molecule has 2 aromatic carbocycles. The second kappa shape index (κ2) is 6.50. The average molecular weight is 349 g/mol. The molecular weight excluding hydrogens is 332 g/mol. The first-order valence-corrected chi connectivity index (χ1v) is 7.84. The summed E-state index contributed by atoms with van der Waals surface area (Å²) in [5, 5.41) is 9.77. The summed E-state index contributed by atoms with van der Waals surface area (Å²) in [6, 6.07) is 13.6. The molecule has 1 aliphatic carbocycles. The molecule has 4 heteroatoms. The molecule has 0 aromatic heterocycles. The van der Waals surface area contributed by atoms with Gasteiger partial charge in [0, 0.05) is 4.47 Å². The molecule has 1 aliphatic rings. The highest BCUT2D eigenvalue weighted by atomic mass is 79.9. The Morgan fingerprint density at radius 2 is 1.81 bits per heavy atom. The Bertz CT molecular complexity index is 627. The van der Waals surface area contributed by atoms with Gasteiger partial charge in [0.05, 0.1) is 6.10 Å². The van der Waals surface area contributed by atoms with Crippen molar-refractivity contribution in [1.82, 2.24) is 0 Å². The second-order valence-electron chi connectivity index (χ2n) is 5.07. The van der Waals surface area contributed by atoms with Gasteiger partial charge in [-0.05, 0) is 54.3 Å². The van der Waals surface area contributed by atoms with Crippen LogP contribution in [0.3, 0.4) is 0 Å². The van der Waals surface area contributed by atoms with Crippen LogP contribution in [0.2, 0.25) is 0 Å². The van der Waals surface area contributed by atoms with E-state index in [1.807, 2.05) is 42.5 Å². The van der Waals surface area contributed by atoms with Gasteiger partial charge in [-0.25, -0.2) is 0 Å². The summed E-state index contributed by atoms with van der Waals surface area (Å²) in [6.45, 7) is 0.990. The molecule has 0 bridgehead atoms. The van der Waals surface area contributed by atoms with E-state index in [0.29, 0.717) is 13.2 Å². The highest BCUT2D eigenvalue weighted by molar-refractivity contribution is 9.10. The fourth-order valence-corrected chi connectivity index (χ4v) is 2.92. The van der Waals surface area contributed by atoms with E-state index >= 15 is 0 Å². The smallest absolute Gasteiger partial charge is 0.122 e. The van der Waals surface area contributed by atoms with E-state index in [1.165, 1.54) is 5.56 Å². The van der Waals surface area contributed by atoms with Crippen molar-refractivity contribution < 1.29 is 14.6 Å². The number of fused-ring (bicyclic) bond motifs is 1. The predicted molar refractivity (Wildman–Crippen MR) is 84.9 cm³/mol. The third-order valence-corrected chi connectivity index (χ3v) is 4.07. The van der Waals surface area contributed by atoms with Crippen LogP contribution in [0.5, 0.6) is 11.5 Å². The molecule has 0 heterocycles. The number of ether oxygens (including phenoxy) is 2. The molecule has 1 N–H and O–H groups in total. The minimum absolute atomic E-state index is 0.311. The lowest BCUT2D eigenvalue weighted by Gasteiger charge is -2.10. The Kier molecular flexibility index (Phi) is 4.46. The number of rotatable bonds is 5. The largest absolute Gasteiger partial charge is 0.490 e. The fourth-order valence-electron chi connectivity index (χ4n) is 2.54. The number of aliphatic hydroxyl groups is 1. The van der Waals surface area contributed by atoms with Crippen LogP contribution < -0.4 is 9.47 Å². The molecule has 110 valence electrons. The molecule has 2 aromatic rings. The van der Waals surface area contributed by atoms with Crippen molar-refractivity contribution in [1.29, 1.82) is 0 Å². The highest BCUT2D eigenvalue weighted by Gasteiger charge is 2.20. The van der Waals surface area contributed by atoms with Gasteiger partial charge in [-0.1, -0.05) is 28.1 Å². The van der Waals surface area contributed by atoms with Crippen LogP contribution in [0, 0.1) is 0 Å². The molecule has 1 atom stereocenters. The molecule has 0 saturated carbocycles. The summed E-state index contributed by atoms with van der Waals surface area (Å²) in [7, 11) is 0. The van der Waals surface area contributed by atoms with Gasteiger partial charge in [-0.3, -0.25) is 0 Å². The van der Waals surface area contributed by atoms with E-state index in [2.05, 4.69) is 15.9 Å². The van der Waals surface area contributed by atoms with Crippen molar-refractivity contribution in [3.8, 4) is 11.5 Å². The molecule has 0 fully saturated rings. The number of halogens is 1. The van der Waals surface area contributed by atoms with Crippen molar-refractivity contribution in [2.75, 3.05) is 13.2 Å². The first kappa shape index (κ1) is 14.4. The maximum absolute atomic E-state index is 9.77. The normalized spacial score (nSPS) is 16.6. The minimum atomic E-state index is -0.311. The van der Waals surface area contributed by atoms with Crippen molar-refractivity contribution in [2.24, 2.45) is 0 Å². The van der Waals surface area contributed by atoms with Crippen molar-refractivity contribution in [3.63, 3.8) is 0 Å². The molecule has 0 spiro atoms. The van der Waals surface area contributed by atoms with Gasteiger partial charge in [-0.15, -0.1) is 0 Å². The second-order valence-corrected chi connectivity index (χ2v) is 5.99. The van der Waals surface area contributed by atoms with Crippen LogP contribution in [0.4, 0.5) is 0 Å². The maximum Gasteiger partial charge on any atom is 0.122 e. The van der Waals surface area contributed by atoms with Gasteiger partial charge >= 0.3 is 0 Å². The molecule has 0 amide bonds. The van der Waals surface area contributed by atoms with Crippen LogP contribution in [0.25, 0.3) is 0 Å². The van der Waals surface area contributed by atoms with Crippen LogP contribution in [-0.4, -0.2) is 18.3 Å². The van der Waals surface area contributed by atoms with Gasteiger partial charge in [0.25, 0.3) is 0 Å².